The Kier molecular flexibility index (Phi) is 3.45. The van der Waals surface area contributed by atoms with E-state index in [1.807, 2.05) is 18.7 Å². The summed E-state index contributed by atoms with van der Waals surface area (Å²) >= 11 is 0. The number of nitrogens with one attached hydrogen (secondary N) is 1. The van der Waals surface area contributed by atoms with Crippen molar-refractivity contribution < 1.29 is 9.90 Å². The first-order valence-electron chi connectivity index (χ1n) is 7.04. The van der Waals surface area contributed by atoms with Crippen molar-refractivity contribution in [2.45, 2.75) is 39.7 Å². The van der Waals surface area contributed by atoms with Gasteiger partial charge in [-0.05, 0) is 24.8 Å². The highest BCUT2D eigenvalue weighted by atomic mass is 16.3. The minimum Gasteiger partial charge on any atom is -0.386 e. The second-order valence-electron chi connectivity index (χ2n) is 6.66. The Hall–Kier alpha value is -0.610. The normalized spacial score (nSPS) is 30.9. The molecule has 0 spiro atoms. The van der Waals surface area contributed by atoms with Crippen molar-refractivity contribution in [2.24, 2.45) is 17.3 Å². The summed E-state index contributed by atoms with van der Waals surface area (Å²) in [5.74, 6) is 0.777. The number of amides is 1. The van der Waals surface area contributed by atoms with Crippen molar-refractivity contribution in [3.05, 3.63) is 0 Å². The van der Waals surface area contributed by atoms with Gasteiger partial charge in [0.15, 0.2) is 0 Å². The smallest absolute Gasteiger partial charge is 0.230 e. The third kappa shape index (κ3) is 1.95. The molecule has 0 aromatic rings. The monoisotopic (exact) mass is 254 g/mol. The van der Waals surface area contributed by atoms with E-state index < -0.39 is 5.60 Å². The minimum absolute atomic E-state index is 0.207. The molecule has 0 radical (unpaired) electrons. The minimum atomic E-state index is -0.667. The second kappa shape index (κ2) is 4.49. The van der Waals surface area contributed by atoms with Crippen molar-refractivity contribution in [3.8, 4) is 0 Å². The van der Waals surface area contributed by atoms with Crippen LogP contribution in [0.3, 0.4) is 0 Å². The molecule has 0 saturated carbocycles. The zero-order valence-electron chi connectivity index (χ0n) is 12.0. The number of carbonyl (C=O) groups is 1. The fraction of sp³-hybridized carbons (Fsp3) is 0.929. The van der Waals surface area contributed by atoms with Crippen LogP contribution in [0.25, 0.3) is 0 Å². The summed E-state index contributed by atoms with van der Waals surface area (Å²) in [5, 5.41) is 13.6. The van der Waals surface area contributed by atoms with Gasteiger partial charge in [-0.3, -0.25) is 4.79 Å². The van der Waals surface area contributed by atoms with Crippen molar-refractivity contribution in [2.75, 3.05) is 26.2 Å². The van der Waals surface area contributed by atoms with E-state index in [0.29, 0.717) is 19.0 Å². The first-order chi connectivity index (χ1) is 8.32. The summed E-state index contributed by atoms with van der Waals surface area (Å²) in [6.45, 7) is 11.0. The van der Waals surface area contributed by atoms with Crippen LogP contribution in [0.2, 0.25) is 0 Å². The summed E-state index contributed by atoms with van der Waals surface area (Å²) in [6, 6.07) is 0. The average Bonchev–Trinajstić information content (AvgIpc) is 2.73. The van der Waals surface area contributed by atoms with Gasteiger partial charge in [0.1, 0.15) is 5.60 Å². The number of β-amino-alcohol motifs (C(OH)–C–C–N with tert-alkyl or cyclic N) is 1. The maximum Gasteiger partial charge on any atom is 0.230 e. The quantitative estimate of drug-likeness (QED) is 0.785. The first-order valence-corrected chi connectivity index (χ1v) is 7.04. The third-order valence-electron chi connectivity index (χ3n) is 5.01. The lowest BCUT2D eigenvalue weighted by atomic mass is 9.73. The maximum absolute atomic E-state index is 12.7. The molecule has 4 nitrogen and oxygen atoms in total. The molecule has 4 heteroatoms. The van der Waals surface area contributed by atoms with Crippen LogP contribution in [0, 0.1) is 17.3 Å². The Morgan fingerprint density at radius 1 is 1.22 bits per heavy atom. The van der Waals surface area contributed by atoms with E-state index in [1.54, 1.807) is 0 Å². The lowest BCUT2D eigenvalue weighted by Crippen LogP contribution is -2.68. The number of likely N-dealkylation sites (tertiary alicyclic amines) is 1. The van der Waals surface area contributed by atoms with E-state index in [4.69, 9.17) is 0 Å². The molecule has 104 valence electrons. The third-order valence-corrected chi connectivity index (χ3v) is 5.01. The fourth-order valence-corrected chi connectivity index (χ4v) is 3.07. The topological polar surface area (TPSA) is 52.6 Å². The molecule has 2 aliphatic rings. The number of nitrogens with zero attached hydrogens (tertiary/aromatic N) is 1. The van der Waals surface area contributed by atoms with Crippen LogP contribution >= 0.6 is 0 Å². The Morgan fingerprint density at radius 3 is 2.22 bits per heavy atom. The van der Waals surface area contributed by atoms with Gasteiger partial charge in [-0.15, -0.1) is 0 Å². The molecule has 1 unspecified atom stereocenters. The van der Waals surface area contributed by atoms with Gasteiger partial charge in [-0.25, -0.2) is 0 Å². The van der Waals surface area contributed by atoms with Crippen molar-refractivity contribution in [1.29, 1.82) is 0 Å². The van der Waals surface area contributed by atoms with Crippen LogP contribution in [0.4, 0.5) is 0 Å². The van der Waals surface area contributed by atoms with E-state index in [-0.39, 0.29) is 17.2 Å². The van der Waals surface area contributed by atoms with Crippen molar-refractivity contribution >= 4 is 5.91 Å². The van der Waals surface area contributed by atoms with Crippen LogP contribution in [0.5, 0.6) is 0 Å². The predicted molar refractivity (Wildman–Crippen MR) is 71.1 cm³/mol. The predicted octanol–water partition coefficient (Wildman–Crippen LogP) is 0.851. The van der Waals surface area contributed by atoms with Crippen molar-refractivity contribution in [1.82, 2.24) is 10.2 Å². The molecule has 2 N–H and O–H groups in total. The summed E-state index contributed by atoms with van der Waals surface area (Å²) in [4.78, 5) is 14.5. The van der Waals surface area contributed by atoms with Crippen LogP contribution in [0.1, 0.15) is 34.1 Å². The Balaban J connectivity index is 2.05. The van der Waals surface area contributed by atoms with E-state index in [1.165, 1.54) is 0 Å². The Labute approximate surface area is 110 Å². The molecule has 2 aliphatic heterocycles. The molecule has 1 atom stereocenters. The molecular formula is C14H26N2O2. The summed E-state index contributed by atoms with van der Waals surface area (Å²) in [7, 11) is 0. The highest BCUT2D eigenvalue weighted by molar-refractivity contribution is 5.84. The SMILES string of the molecule is CC(C)C1(O)CN(C(=O)C2(C(C)C)CCNC2)C1. The molecule has 0 aromatic heterocycles. The Morgan fingerprint density at radius 2 is 1.83 bits per heavy atom. The molecule has 0 bridgehead atoms. The number of aliphatic hydroxyl groups is 1. The largest absolute Gasteiger partial charge is 0.386 e. The van der Waals surface area contributed by atoms with Gasteiger partial charge in [-0.2, -0.15) is 0 Å². The molecule has 0 aromatic carbocycles. The molecule has 2 rings (SSSR count). The van der Waals surface area contributed by atoms with Gasteiger partial charge in [-0.1, -0.05) is 27.7 Å². The second-order valence-corrected chi connectivity index (χ2v) is 6.66. The van der Waals surface area contributed by atoms with Gasteiger partial charge in [0.2, 0.25) is 5.91 Å². The maximum atomic E-state index is 12.7. The van der Waals surface area contributed by atoms with E-state index in [9.17, 15) is 9.90 Å². The molecule has 2 fully saturated rings. The van der Waals surface area contributed by atoms with Crippen LogP contribution in [-0.2, 0) is 4.79 Å². The number of carbonyl (C=O) groups excluding carboxylic acids is 1. The van der Waals surface area contributed by atoms with Gasteiger partial charge >= 0.3 is 0 Å². The molecule has 0 aliphatic carbocycles. The van der Waals surface area contributed by atoms with Crippen LogP contribution in [0.15, 0.2) is 0 Å². The lowest BCUT2D eigenvalue weighted by molar-refractivity contribution is -0.174. The average molecular weight is 254 g/mol. The lowest BCUT2D eigenvalue weighted by Gasteiger charge is -2.52. The number of rotatable bonds is 3. The summed E-state index contributed by atoms with van der Waals surface area (Å²) < 4.78 is 0. The fourth-order valence-electron chi connectivity index (χ4n) is 3.07. The standard InChI is InChI=1S/C14H26N2O2/c1-10(2)13(5-6-15-7-13)12(17)16-8-14(18,9-16)11(3)4/h10-11,15,18H,5-9H2,1-4H3. The van der Waals surface area contributed by atoms with Gasteiger partial charge in [0.25, 0.3) is 0 Å². The van der Waals surface area contributed by atoms with E-state index >= 15 is 0 Å². The summed E-state index contributed by atoms with van der Waals surface area (Å²) in [5.41, 5.74) is -0.918. The highest BCUT2D eigenvalue weighted by Gasteiger charge is 2.53. The summed E-state index contributed by atoms with van der Waals surface area (Å²) in [6.07, 6.45) is 0.917. The number of hydrogen-bond acceptors (Lipinski definition) is 3. The van der Waals surface area contributed by atoms with Gasteiger partial charge in [0.05, 0.1) is 18.5 Å². The van der Waals surface area contributed by atoms with E-state index in [2.05, 4.69) is 19.2 Å². The molecule has 2 saturated heterocycles. The van der Waals surface area contributed by atoms with Crippen LogP contribution in [-0.4, -0.2) is 47.7 Å². The molecule has 1 amide bonds. The Bertz CT molecular complexity index is 327. The van der Waals surface area contributed by atoms with Crippen molar-refractivity contribution in [3.63, 3.8) is 0 Å². The zero-order valence-corrected chi connectivity index (χ0v) is 12.0. The zero-order chi connectivity index (χ0) is 13.6. The van der Waals surface area contributed by atoms with Gasteiger partial charge < -0.3 is 15.3 Å². The molecule has 18 heavy (non-hydrogen) atoms. The molecule has 2 heterocycles. The highest BCUT2D eigenvalue weighted by Crippen LogP contribution is 2.39. The van der Waals surface area contributed by atoms with Crippen LogP contribution < -0.4 is 5.32 Å². The first kappa shape index (κ1) is 13.8. The van der Waals surface area contributed by atoms with E-state index in [0.717, 1.165) is 19.5 Å². The van der Waals surface area contributed by atoms with Gasteiger partial charge in [0, 0.05) is 6.54 Å². The molecular weight excluding hydrogens is 228 g/mol. The number of hydrogen-bond donors (Lipinski definition) is 2.